The van der Waals surface area contributed by atoms with Gasteiger partial charge in [0.15, 0.2) is 0 Å². The molecule has 1 saturated heterocycles. The molecular weight excluding hydrogens is 180 g/mol. The molecule has 2 atom stereocenters. The second kappa shape index (κ2) is 5.98. The van der Waals surface area contributed by atoms with E-state index >= 15 is 0 Å². The van der Waals surface area contributed by atoms with Gasteiger partial charge < -0.3 is 15.4 Å². The Labute approximate surface area is 85.4 Å². The smallest absolute Gasteiger partial charge is 0.224 e. The van der Waals surface area contributed by atoms with Crippen molar-refractivity contribution in [3.63, 3.8) is 0 Å². The first-order chi connectivity index (χ1) is 6.74. The number of hydrogen-bond acceptors (Lipinski definition) is 3. The highest BCUT2D eigenvalue weighted by molar-refractivity contribution is 5.78. The van der Waals surface area contributed by atoms with Gasteiger partial charge in [-0.05, 0) is 19.8 Å². The van der Waals surface area contributed by atoms with E-state index in [9.17, 15) is 4.79 Å². The number of hydrogen-bond donors (Lipinski definition) is 2. The zero-order chi connectivity index (χ0) is 10.4. The van der Waals surface area contributed by atoms with E-state index < -0.39 is 0 Å². The van der Waals surface area contributed by atoms with Crippen molar-refractivity contribution in [2.75, 3.05) is 26.8 Å². The van der Waals surface area contributed by atoms with Gasteiger partial charge in [0.05, 0.1) is 12.5 Å². The Bertz CT molecular complexity index is 177. The van der Waals surface area contributed by atoms with Gasteiger partial charge in [-0.3, -0.25) is 4.79 Å². The third-order valence-corrected chi connectivity index (χ3v) is 2.64. The van der Waals surface area contributed by atoms with Crippen LogP contribution < -0.4 is 10.6 Å². The molecule has 0 aliphatic carbocycles. The lowest BCUT2D eigenvalue weighted by Crippen LogP contribution is -2.44. The van der Waals surface area contributed by atoms with Crippen LogP contribution in [0.4, 0.5) is 0 Å². The van der Waals surface area contributed by atoms with E-state index in [4.69, 9.17) is 4.74 Å². The summed E-state index contributed by atoms with van der Waals surface area (Å²) in [5.74, 6) is 0.296. The molecule has 0 unspecified atom stereocenters. The largest absolute Gasteiger partial charge is 0.383 e. The monoisotopic (exact) mass is 200 g/mol. The third-order valence-electron chi connectivity index (χ3n) is 2.64. The number of amides is 1. The Morgan fingerprint density at radius 1 is 1.57 bits per heavy atom. The predicted octanol–water partition coefficient (Wildman–Crippen LogP) is 0.137. The molecule has 1 heterocycles. The summed E-state index contributed by atoms with van der Waals surface area (Å²) in [5.41, 5.74) is 0. The fourth-order valence-corrected chi connectivity index (χ4v) is 1.64. The van der Waals surface area contributed by atoms with E-state index in [0.717, 1.165) is 19.4 Å². The molecule has 82 valence electrons. The van der Waals surface area contributed by atoms with Gasteiger partial charge in [0.2, 0.25) is 5.91 Å². The van der Waals surface area contributed by atoms with Crippen molar-refractivity contribution in [2.45, 2.75) is 25.8 Å². The summed E-state index contributed by atoms with van der Waals surface area (Å²) in [6.45, 7) is 4.16. The van der Waals surface area contributed by atoms with Gasteiger partial charge in [-0.25, -0.2) is 0 Å². The zero-order valence-corrected chi connectivity index (χ0v) is 9.01. The van der Waals surface area contributed by atoms with Gasteiger partial charge >= 0.3 is 0 Å². The molecule has 0 aromatic carbocycles. The number of rotatable bonds is 4. The normalized spacial score (nSPS) is 27.3. The molecule has 1 fully saturated rings. The quantitative estimate of drug-likeness (QED) is 0.635. The minimum absolute atomic E-state index is 0.142. The Balaban J connectivity index is 2.17. The van der Waals surface area contributed by atoms with Crippen LogP contribution in [0.15, 0.2) is 0 Å². The van der Waals surface area contributed by atoms with Crippen LogP contribution in [0.1, 0.15) is 19.8 Å². The third kappa shape index (κ3) is 3.64. The molecule has 14 heavy (non-hydrogen) atoms. The molecule has 4 heteroatoms. The number of piperidine rings is 1. The van der Waals surface area contributed by atoms with Gasteiger partial charge in [-0.15, -0.1) is 0 Å². The maximum atomic E-state index is 11.6. The van der Waals surface area contributed by atoms with Crippen molar-refractivity contribution >= 4 is 5.91 Å². The Hall–Kier alpha value is -0.610. The van der Waals surface area contributed by atoms with E-state index in [1.807, 2.05) is 0 Å². The maximum absolute atomic E-state index is 11.6. The topological polar surface area (TPSA) is 50.4 Å². The molecule has 4 nitrogen and oxygen atoms in total. The fourth-order valence-electron chi connectivity index (χ4n) is 1.64. The molecule has 0 spiro atoms. The lowest BCUT2D eigenvalue weighted by molar-refractivity contribution is -0.125. The lowest BCUT2D eigenvalue weighted by atomic mass is 9.95. The van der Waals surface area contributed by atoms with Crippen LogP contribution in [0.3, 0.4) is 0 Å². The van der Waals surface area contributed by atoms with Gasteiger partial charge in [0.1, 0.15) is 0 Å². The first-order valence-corrected chi connectivity index (χ1v) is 5.24. The summed E-state index contributed by atoms with van der Waals surface area (Å²) in [7, 11) is 1.63. The molecular formula is C10H20N2O2. The molecule has 0 aromatic heterocycles. The lowest BCUT2D eigenvalue weighted by Gasteiger charge is -2.26. The van der Waals surface area contributed by atoms with Gasteiger partial charge in [-0.1, -0.05) is 0 Å². The number of ether oxygens (including phenoxy) is 1. The number of methoxy groups -OCH3 is 1. The van der Waals surface area contributed by atoms with Crippen molar-refractivity contribution in [1.29, 1.82) is 0 Å². The van der Waals surface area contributed by atoms with Crippen LogP contribution in [0, 0.1) is 5.92 Å². The van der Waals surface area contributed by atoms with E-state index in [2.05, 4.69) is 17.6 Å². The average molecular weight is 200 g/mol. The number of nitrogens with one attached hydrogen (secondary N) is 2. The van der Waals surface area contributed by atoms with Crippen LogP contribution in [-0.2, 0) is 9.53 Å². The standard InChI is InChI=1S/C10H20N2O2/c1-8-3-4-9(7-12-8)10(13)11-5-6-14-2/h8-9,12H,3-7H2,1-2H3,(H,11,13)/t8-,9-/m0/s1. The fraction of sp³-hybridized carbons (Fsp3) is 0.900. The summed E-state index contributed by atoms with van der Waals surface area (Å²) in [4.78, 5) is 11.6. The van der Waals surface area contributed by atoms with Crippen molar-refractivity contribution in [3.05, 3.63) is 0 Å². The van der Waals surface area contributed by atoms with Crippen molar-refractivity contribution in [3.8, 4) is 0 Å². The highest BCUT2D eigenvalue weighted by Crippen LogP contribution is 2.13. The first-order valence-electron chi connectivity index (χ1n) is 5.24. The number of carbonyl (C=O) groups is 1. The predicted molar refractivity (Wildman–Crippen MR) is 55.1 cm³/mol. The van der Waals surface area contributed by atoms with Crippen LogP contribution in [0.2, 0.25) is 0 Å². The Kier molecular flexibility index (Phi) is 4.90. The highest BCUT2D eigenvalue weighted by atomic mass is 16.5. The molecule has 0 aromatic rings. The zero-order valence-electron chi connectivity index (χ0n) is 9.01. The summed E-state index contributed by atoms with van der Waals surface area (Å²) >= 11 is 0. The van der Waals surface area contributed by atoms with Crippen molar-refractivity contribution in [2.24, 2.45) is 5.92 Å². The van der Waals surface area contributed by atoms with Crippen molar-refractivity contribution < 1.29 is 9.53 Å². The summed E-state index contributed by atoms with van der Waals surface area (Å²) < 4.78 is 4.87. The molecule has 0 saturated carbocycles. The minimum atomic E-state index is 0.142. The molecule has 0 radical (unpaired) electrons. The van der Waals surface area contributed by atoms with E-state index in [-0.39, 0.29) is 11.8 Å². The Morgan fingerprint density at radius 3 is 2.93 bits per heavy atom. The SMILES string of the molecule is COCCNC(=O)[C@H]1CC[C@H](C)NC1. The van der Waals surface area contributed by atoms with E-state index in [1.165, 1.54) is 0 Å². The van der Waals surface area contributed by atoms with Crippen LogP contribution in [0.5, 0.6) is 0 Å². The van der Waals surface area contributed by atoms with Crippen LogP contribution in [0.25, 0.3) is 0 Å². The summed E-state index contributed by atoms with van der Waals surface area (Å²) in [6, 6.07) is 0.554. The van der Waals surface area contributed by atoms with Crippen molar-refractivity contribution in [1.82, 2.24) is 10.6 Å². The second-order valence-electron chi connectivity index (χ2n) is 3.87. The van der Waals surface area contributed by atoms with Gasteiger partial charge in [0.25, 0.3) is 0 Å². The van der Waals surface area contributed by atoms with Gasteiger partial charge in [0, 0.05) is 26.2 Å². The average Bonchev–Trinajstić information content (AvgIpc) is 2.19. The van der Waals surface area contributed by atoms with Gasteiger partial charge in [-0.2, -0.15) is 0 Å². The minimum Gasteiger partial charge on any atom is -0.383 e. The first kappa shape index (κ1) is 11.5. The molecule has 1 aliphatic heterocycles. The van der Waals surface area contributed by atoms with E-state index in [0.29, 0.717) is 19.2 Å². The highest BCUT2D eigenvalue weighted by Gasteiger charge is 2.23. The molecule has 2 N–H and O–H groups in total. The Morgan fingerprint density at radius 2 is 2.36 bits per heavy atom. The molecule has 1 amide bonds. The van der Waals surface area contributed by atoms with Crippen LogP contribution >= 0.6 is 0 Å². The molecule has 1 rings (SSSR count). The summed E-state index contributed by atoms with van der Waals surface area (Å²) in [6.07, 6.45) is 2.08. The van der Waals surface area contributed by atoms with E-state index in [1.54, 1.807) is 7.11 Å². The second-order valence-corrected chi connectivity index (χ2v) is 3.87. The summed E-state index contributed by atoms with van der Waals surface area (Å²) in [5, 5.41) is 6.18. The molecule has 0 bridgehead atoms. The maximum Gasteiger partial charge on any atom is 0.224 e. The number of carbonyl (C=O) groups excluding carboxylic acids is 1. The van der Waals surface area contributed by atoms with Crippen LogP contribution in [-0.4, -0.2) is 38.8 Å². The molecule has 1 aliphatic rings.